The molecule has 1 atom stereocenters. The maximum Gasteiger partial charge on any atom is 0.321 e. The molecule has 0 aromatic carbocycles. The van der Waals surface area contributed by atoms with E-state index in [0.717, 1.165) is 11.3 Å². The first-order chi connectivity index (χ1) is 8.63. The molecule has 0 aliphatic heterocycles. The lowest BCUT2D eigenvalue weighted by molar-refractivity contribution is -0.139. The van der Waals surface area contributed by atoms with Gasteiger partial charge in [0.2, 0.25) is 10.0 Å². The standard InChI is InChI=1S/C10H13BrClNO4S2/c1-5(2)3-6(10(14)15)13-19(16,17)7-4-8(11)18-9(7)12/h4-6,13H,3H2,1-2H3,(H,14,15)/t6-/m1/s1. The van der Waals surface area contributed by atoms with Crippen LogP contribution in [0.3, 0.4) is 0 Å². The number of carboxylic acids is 1. The van der Waals surface area contributed by atoms with Gasteiger partial charge in [0, 0.05) is 0 Å². The van der Waals surface area contributed by atoms with Crippen LogP contribution in [0.15, 0.2) is 14.7 Å². The number of halogens is 2. The normalized spacial score (nSPS) is 13.7. The van der Waals surface area contributed by atoms with Crippen LogP contribution < -0.4 is 4.72 Å². The molecule has 0 amide bonds. The Labute approximate surface area is 129 Å². The minimum Gasteiger partial charge on any atom is -0.480 e. The van der Waals surface area contributed by atoms with Crippen molar-refractivity contribution in [3.05, 3.63) is 14.2 Å². The third-order valence-corrected chi connectivity index (χ3v) is 5.82. The number of rotatable bonds is 6. The molecule has 0 unspecified atom stereocenters. The van der Waals surface area contributed by atoms with Crippen LogP contribution in [0.25, 0.3) is 0 Å². The highest BCUT2D eigenvalue weighted by molar-refractivity contribution is 9.11. The summed E-state index contributed by atoms with van der Waals surface area (Å²) in [5, 5.41) is 9.04. The Morgan fingerprint density at radius 3 is 2.53 bits per heavy atom. The molecule has 0 aliphatic rings. The molecule has 0 radical (unpaired) electrons. The summed E-state index contributed by atoms with van der Waals surface area (Å²) < 4.78 is 27.0. The zero-order chi connectivity index (χ0) is 14.8. The summed E-state index contributed by atoms with van der Waals surface area (Å²) in [6.45, 7) is 3.64. The SMILES string of the molecule is CC(C)C[C@@H](NS(=O)(=O)c1cc(Br)sc1Cl)C(=O)O. The third kappa shape index (κ3) is 4.71. The molecule has 19 heavy (non-hydrogen) atoms. The lowest BCUT2D eigenvalue weighted by Crippen LogP contribution is -2.41. The van der Waals surface area contributed by atoms with E-state index < -0.39 is 22.0 Å². The third-order valence-electron chi connectivity index (χ3n) is 2.22. The Bertz CT molecular complexity index is 570. The van der Waals surface area contributed by atoms with Gasteiger partial charge in [-0.05, 0) is 34.3 Å². The van der Waals surface area contributed by atoms with Crippen molar-refractivity contribution >= 4 is 54.9 Å². The molecule has 0 fully saturated rings. The van der Waals surface area contributed by atoms with E-state index in [1.54, 1.807) is 0 Å². The molecule has 1 aromatic heterocycles. The van der Waals surface area contributed by atoms with Crippen LogP contribution in [0.1, 0.15) is 20.3 Å². The minimum absolute atomic E-state index is 0.0495. The molecule has 0 saturated heterocycles. The van der Waals surface area contributed by atoms with Gasteiger partial charge in [-0.25, -0.2) is 8.42 Å². The Hall–Kier alpha value is -0.150. The van der Waals surface area contributed by atoms with Gasteiger partial charge in [0.25, 0.3) is 0 Å². The molecule has 9 heteroatoms. The van der Waals surface area contributed by atoms with Crippen molar-refractivity contribution in [3.8, 4) is 0 Å². The maximum absolute atomic E-state index is 12.1. The van der Waals surface area contributed by atoms with Crippen molar-refractivity contribution in [3.63, 3.8) is 0 Å². The number of aliphatic carboxylic acids is 1. The quantitative estimate of drug-likeness (QED) is 0.782. The van der Waals surface area contributed by atoms with E-state index in [-0.39, 0.29) is 21.6 Å². The minimum atomic E-state index is -3.94. The monoisotopic (exact) mass is 389 g/mol. The van der Waals surface area contributed by atoms with Crippen molar-refractivity contribution < 1.29 is 18.3 Å². The Morgan fingerprint density at radius 2 is 2.16 bits per heavy atom. The zero-order valence-corrected chi connectivity index (χ0v) is 14.2. The van der Waals surface area contributed by atoms with Crippen LogP contribution in [0.4, 0.5) is 0 Å². The van der Waals surface area contributed by atoms with Gasteiger partial charge < -0.3 is 5.11 Å². The number of carboxylic acid groups (broad SMARTS) is 1. The van der Waals surface area contributed by atoms with E-state index in [1.165, 1.54) is 6.07 Å². The number of thiophene rings is 1. The van der Waals surface area contributed by atoms with Crippen LogP contribution in [-0.4, -0.2) is 25.5 Å². The molecule has 1 rings (SSSR count). The first-order valence-corrected chi connectivity index (χ1v) is 8.80. The van der Waals surface area contributed by atoms with Crippen LogP contribution in [0.5, 0.6) is 0 Å². The van der Waals surface area contributed by atoms with E-state index in [0.29, 0.717) is 3.79 Å². The van der Waals surface area contributed by atoms with E-state index in [2.05, 4.69) is 20.7 Å². The van der Waals surface area contributed by atoms with Crippen molar-refractivity contribution in [2.45, 2.75) is 31.2 Å². The van der Waals surface area contributed by atoms with Crippen LogP contribution >= 0.6 is 38.9 Å². The fourth-order valence-electron chi connectivity index (χ4n) is 1.43. The second-order valence-electron chi connectivity index (χ2n) is 4.33. The largest absolute Gasteiger partial charge is 0.480 e. The fraction of sp³-hybridized carbons (Fsp3) is 0.500. The highest BCUT2D eigenvalue weighted by Gasteiger charge is 2.28. The van der Waals surface area contributed by atoms with Gasteiger partial charge >= 0.3 is 5.97 Å². The molecular weight excluding hydrogens is 378 g/mol. The number of hydrogen-bond acceptors (Lipinski definition) is 4. The predicted octanol–water partition coefficient (Wildman–Crippen LogP) is 2.94. The van der Waals surface area contributed by atoms with Gasteiger partial charge in [0.1, 0.15) is 15.3 Å². The first-order valence-electron chi connectivity index (χ1n) is 5.33. The summed E-state index contributed by atoms with van der Waals surface area (Å²) in [7, 11) is -3.94. The topological polar surface area (TPSA) is 83.5 Å². The predicted molar refractivity (Wildman–Crippen MR) is 78.2 cm³/mol. The van der Waals surface area contributed by atoms with Crippen LogP contribution in [0.2, 0.25) is 4.34 Å². The molecule has 0 bridgehead atoms. The number of sulfonamides is 1. The summed E-state index contributed by atoms with van der Waals surface area (Å²) in [5.41, 5.74) is 0. The van der Waals surface area contributed by atoms with Crippen molar-refractivity contribution in [2.75, 3.05) is 0 Å². The highest BCUT2D eigenvalue weighted by Crippen LogP contribution is 2.34. The molecule has 0 aliphatic carbocycles. The highest BCUT2D eigenvalue weighted by atomic mass is 79.9. The van der Waals surface area contributed by atoms with Gasteiger partial charge in [-0.3, -0.25) is 4.79 Å². The first kappa shape index (κ1) is 16.9. The molecule has 5 nitrogen and oxygen atoms in total. The fourth-order valence-corrected chi connectivity index (χ4v) is 5.40. The molecule has 2 N–H and O–H groups in total. The Morgan fingerprint density at radius 1 is 1.58 bits per heavy atom. The molecule has 1 aromatic rings. The summed E-state index contributed by atoms with van der Waals surface area (Å²) in [4.78, 5) is 11.0. The maximum atomic E-state index is 12.1. The smallest absolute Gasteiger partial charge is 0.321 e. The Kier molecular flexibility index (Phi) is 5.81. The van der Waals surface area contributed by atoms with Gasteiger partial charge in [-0.15, -0.1) is 11.3 Å². The lowest BCUT2D eigenvalue weighted by Gasteiger charge is -2.16. The zero-order valence-electron chi connectivity index (χ0n) is 10.2. The summed E-state index contributed by atoms with van der Waals surface area (Å²) in [5.74, 6) is -1.16. The van der Waals surface area contributed by atoms with Gasteiger partial charge in [-0.2, -0.15) is 4.72 Å². The molecular formula is C10H13BrClNO4S2. The number of hydrogen-bond donors (Lipinski definition) is 2. The van der Waals surface area contributed by atoms with E-state index in [4.69, 9.17) is 16.7 Å². The van der Waals surface area contributed by atoms with Crippen molar-refractivity contribution in [1.82, 2.24) is 4.72 Å². The number of carbonyl (C=O) groups is 1. The number of nitrogens with one attached hydrogen (secondary N) is 1. The average Bonchev–Trinajstić information content (AvgIpc) is 2.56. The molecule has 1 heterocycles. The van der Waals surface area contributed by atoms with Crippen molar-refractivity contribution in [1.29, 1.82) is 0 Å². The summed E-state index contributed by atoms with van der Waals surface area (Å²) >= 11 is 10.0. The molecule has 108 valence electrons. The summed E-state index contributed by atoms with van der Waals surface area (Å²) in [6, 6.07) is 0.184. The second-order valence-corrected chi connectivity index (χ2v) is 9.05. The van der Waals surface area contributed by atoms with E-state index in [9.17, 15) is 13.2 Å². The van der Waals surface area contributed by atoms with Crippen LogP contribution in [-0.2, 0) is 14.8 Å². The lowest BCUT2D eigenvalue weighted by atomic mass is 10.1. The average molecular weight is 391 g/mol. The van der Waals surface area contributed by atoms with Gasteiger partial charge in [0.15, 0.2) is 0 Å². The van der Waals surface area contributed by atoms with Crippen molar-refractivity contribution in [2.24, 2.45) is 5.92 Å². The molecule has 0 saturated carbocycles. The van der Waals surface area contributed by atoms with E-state index >= 15 is 0 Å². The van der Waals surface area contributed by atoms with E-state index in [1.807, 2.05) is 13.8 Å². The van der Waals surface area contributed by atoms with Crippen LogP contribution in [0, 0.1) is 5.92 Å². The van der Waals surface area contributed by atoms with Gasteiger partial charge in [0.05, 0.1) is 3.79 Å². The molecule has 0 spiro atoms. The summed E-state index contributed by atoms with van der Waals surface area (Å²) in [6.07, 6.45) is 0.206. The van der Waals surface area contributed by atoms with Gasteiger partial charge in [-0.1, -0.05) is 25.4 Å². The Balaban J connectivity index is 3.01. The second kappa shape index (κ2) is 6.53.